The van der Waals surface area contributed by atoms with Gasteiger partial charge in [-0.2, -0.15) is 5.10 Å². The normalized spacial score (nSPS) is 10.8. The Kier molecular flexibility index (Phi) is 3.06. The Hall–Kier alpha value is -2.89. The summed E-state index contributed by atoms with van der Waals surface area (Å²) in [6.07, 6.45) is 0. The lowest BCUT2D eigenvalue weighted by Crippen LogP contribution is -2.02. The Morgan fingerprint density at radius 1 is 1.29 bits per heavy atom. The summed E-state index contributed by atoms with van der Waals surface area (Å²) in [4.78, 5) is 11.1. The fraction of sp³-hybridized carbons (Fsp3) is 0.0667. The van der Waals surface area contributed by atoms with Gasteiger partial charge in [0.25, 0.3) is 0 Å². The number of rotatable bonds is 3. The lowest BCUT2D eigenvalue weighted by molar-refractivity contribution is 0.0690. The number of aromatic nitrogens is 2. The Bertz CT molecular complexity index is 820. The maximum atomic E-state index is 13.4. The molecule has 0 saturated heterocycles. The minimum Gasteiger partial charge on any atom is -0.476 e. The largest absolute Gasteiger partial charge is 0.476 e. The van der Waals surface area contributed by atoms with E-state index >= 15 is 0 Å². The first kappa shape index (κ1) is 13.1. The number of aryl methyl sites for hydroxylation is 1. The van der Waals surface area contributed by atoms with E-state index in [4.69, 9.17) is 9.52 Å². The van der Waals surface area contributed by atoms with E-state index in [1.54, 1.807) is 25.1 Å². The number of benzene rings is 1. The predicted octanol–water partition coefficient (Wildman–Crippen LogP) is 3.28. The summed E-state index contributed by atoms with van der Waals surface area (Å²) < 4.78 is 20.2. The van der Waals surface area contributed by atoms with E-state index in [-0.39, 0.29) is 5.69 Å². The number of furan rings is 1. The molecule has 3 rings (SSSR count). The number of halogens is 1. The molecule has 0 atom stereocenters. The monoisotopic (exact) mass is 286 g/mol. The van der Waals surface area contributed by atoms with E-state index < -0.39 is 11.8 Å². The topological polar surface area (TPSA) is 68.3 Å². The van der Waals surface area contributed by atoms with Gasteiger partial charge in [0, 0.05) is 6.07 Å². The van der Waals surface area contributed by atoms with Crippen molar-refractivity contribution in [1.29, 1.82) is 0 Å². The second kappa shape index (κ2) is 4.90. The maximum Gasteiger partial charge on any atom is 0.356 e. The van der Waals surface area contributed by atoms with Crippen LogP contribution >= 0.6 is 0 Å². The van der Waals surface area contributed by atoms with Crippen LogP contribution in [0, 0.1) is 12.7 Å². The first-order valence-corrected chi connectivity index (χ1v) is 6.21. The molecule has 6 heteroatoms. The molecule has 0 unspecified atom stereocenters. The fourth-order valence-corrected chi connectivity index (χ4v) is 2.04. The average Bonchev–Trinajstić information content (AvgIpc) is 3.04. The molecule has 0 aliphatic carbocycles. The van der Waals surface area contributed by atoms with Crippen LogP contribution in [0.5, 0.6) is 0 Å². The second-order valence-corrected chi connectivity index (χ2v) is 4.52. The molecule has 0 aliphatic heterocycles. The van der Waals surface area contributed by atoms with E-state index in [2.05, 4.69) is 5.10 Å². The van der Waals surface area contributed by atoms with Crippen molar-refractivity contribution in [3.05, 3.63) is 59.7 Å². The average molecular weight is 286 g/mol. The summed E-state index contributed by atoms with van der Waals surface area (Å²) in [5, 5.41) is 13.1. The van der Waals surface area contributed by atoms with Gasteiger partial charge in [-0.3, -0.25) is 0 Å². The van der Waals surface area contributed by atoms with Crippen molar-refractivity contribution in [3.63, 3.8) is 0 Å². The summed E-state index contributed by atoms with van der Waals surface area (Å²) in [6.45, 7) is 1.78. The quantitative estimate of drug-likeness (QED) is 0.802. The van der Waals surface area contributed by atoms with Gasteiger partial charge in [-0.05, 0) is 37.3 Å². The minimum absolute atomic E-state index is 0.136. The highest BCUT2D eigenvalue weighted by molar-refractivity contribution is 5.87. The zero-order valence-corrected chi connectivity index (χ0v) is 11.1. The van der Waals surface area contributed by atoms with Crippen LogP contribution in [0.1, 0.15) is 16.2 Å². The van der Waals surface area contributed by atoms with Crippen LogP contribution in [0.3, 0.4) is 0 Å². The highest BCUT2D eigenvalue weighted by atomic mass is 19.1. The number of hydrogen-bond donors (Lipinski definition) is 1. The van der Waals surface area contributed by atoms with E-state index in [0.29, 0.717) is 22.9 Å². The van der Waals surface area contributed by atoms with Gasteiger partial charge >= 0.3 is 5.97 Å². The highest BCUT2D eigenvalue weighted by Crippen LogP contribution is 2.26. The van der Waals surface area contributed by atoms with E-state index in [0.717, 1.165) is 0 Å². The summed E-state index contributed by atoms with van der Waals surface area (Å²) in [5.41, 5.74) is 0.737. The van der Waals surface area contributed by atoms with E-state index in [1.165, 1.54) is 28.9 Å². The lowest BCUT2D eigenvalue weighted by atomic mass is 10.2. The van der Waals surface area contributed by atoms with Gasteiger partial charge in [0.2, 0.25) is 0 Å². The summed E-state index contributed by atoms with van der Waals surface area (Å²) >= 11 is 0. The molecular formula is C15H11FN2O3. The molecule has 0 saturated carbocycles. The smallest absolute Gasteiger partial charge is 0.356 e. The molecule has 106 valence electrons. The van der Waals surface area contributed by atoms with Gasteiger partial charge in [0.1, 0.15) is 17.3 Å². The molecule has 0 aliphatic rings. The molecule has 3 aromatic rings. The molecule has 5 nitrogen and oxygen atoms in total. The number of hydrogen-bond acceptors (Lipinski definition) is 3. The van der Waals surface area contributed by atoms with Gasteiger partial charge in [0.05, 0.1) is 5.69 Å². The number of aromatic carboxylic acids is 1. The first-order chi connectivity index (χ1) is 10.0. The third-order valence-corrected chi connectivity index (χ3v) is 2.97. The third kappa shape index (κ3) is 2.43. The molecule has 0 radical (unpaired) electrons. The van der Waals surface area contributed by atoms with Gasteiger partial charge in [-0.15, -0.1) is 0 Å². The van der Waals surface area contributed by atoms with Crippen LogP contribution in [-0.4, -0.2) is 20.9 Å². The minimum atomic E-state index is -1.16. The van der Waals surface area contributed by atoms with E-state index in [1.807, 2.05) is 0 Å². The van der Waals surface area contributed by atoms with Gasteiger partial charge in [0.15, 0.2) is 11.5 Å². The third-order valence-electron chi connectivity index (χ3n) is 2.97. The molecule has 1 aromatic carbocycles. The van der Waals surface area contributed by atoms with Crippen LogP contribution in [0.4, 0.5) is 4.39 Å². The number of carboxylic acids is 1. The maximum absolute atomic E-state index is 13.4. The van der Waals surface area contributed by atoms with Gasteiger partial charge < -0.3 is 9.52 Å². The van der Waals surface area contributed by atoms with Crippen molar-refractivity contribution in [2.75, 3.05) is 0 Å². The van der Waals surface area contributed by atoms with Crippen LogP contribution in [0.25, 0.3) is 17.1 Å². The van der Waals surface area contributed by atoms with Crippen molar-refractivity contribution in [2.24, 2.45) is 0 Å². The molecule has 2 heterocycles. The van der Waals surface area contributed by atoms with Gasteiger partial charge in [-0.25, -0.2) is 13.9 Å². The molecule has 1 N–H and O–H groups in total. The molecular weight excluding hydrogens is 275 g/mol. The molecule has 21 heavy (non-hydrogen) atoms. The lowest BCUT2D eigenvalue weighted by Gasteiger charge is -2.05. The number of carbonyl (C=O) groups is 1. The molecule has 0 spiro atoms. The highest BCUT2D eigenvalue weighted by Gasteiger charge is 2.18. The van der Waals surface area contributed by atoms with Crippen LogP contribution in [0.2, 0.25) is 0 Å². The second-order valence-electron chi connectivity index (χ2n) is 4.52. The van der Waals surface area contributed by atoms with E-state index in [9.17, 15) is 9.18 Å². The van der Waals surface area contributed by atoms with Gasteiger partial charge in [-0.1, -0.05) is 6.07 Å². The van der Waals surface area contributed by atoms with Crippen molar-refractivity contribution < 1.29 is 18.7 Å². The Morgan fingerprint density at radius 3 is 2.71 bits per heavy atom. The zero-order chi connectivity index (χ0) is 15.0. The summed E-state index contributed by atoms with van der Waals surface area (Å²) in [7, 11) is 0. The SMILES string of the molecule is Cc1ccc(-c2cc(C(=O)O)nn2-c2cccc(F)c2)o1. The van der Waals surface area contributed by atoms with Crippen LogP contribution in [0.15, 0.2) is 46.9 Å². The number of carboxylic acid groups (broad SMARTS) is 1. The predicted molar refractivity (Wildman–Crippen MR) is 72.9 cm³/mol. The molecule has 0 bridgehead atoms. The standard InChI is InChI=1S/C15H11FN2O3/c1-9-5-6-14(21-9)13-8-12(15(19)20)17-18(13)11-4-2-3-10(16)7-11/h2-8H,1H3,(H,19,20). The van der Waals surface area contributed by atoms with Crippen molar-refractivity contribution in [2.45, 2.75) is 6.92 Å². The first-order valence-electron chi connectivity index (χ1n) is 6.21. The molecule has 0 fully saturated rings. The molecule has 0 amide bonds. The Balaban J connectivity index is 2.21. The van der Waals surface area contributed by atoms with Crippen molar-refractivity contribution in [3.8, 4) is 17.1 Å². The number of nitrogens with zero attached hydrogens (tertiary/aromatic N) is 2. The Labute approximate surface area is 119 Å². The summed E-state index contributed by atoms with van der Waals surface area (Å²) in [6, 6.07) is 10.6. The van der Waals surface area contributed by atoms with Crippen LogP contribution < -0.4 is 0 Å². The van der Waals surface area contributed by atoms with Crippen LogP contribution in [-0.2, 0) is 0 Å². The van der Waals surface area contributed by atoms with Crippen molar-refractivity contribution in [1.82, 2.24) is 9.78 Å². The Morgan fingerprint density at radius 2 is 2.10 bits per heavy atom. The zero-order valence-electron chi connectivity index (χ0n) is 11.1. The summed E-state index contributed by atoms with van der Waals surface area (Å²) in [5.74, 6) is -0.429. The fourth-order valence-electron chi connectivity index (χ4n) is 2.04. The molecule has 2 aromatic heterocycles. The van der Waals surface area contributed by atoms with Crippen molar-refractivity contribution >= 4 is 5.97 Å².